The molecule has 0 radical (unpaired) electrons. The molecular formula is C15H12ClN3O2S. The van der Waals surface area contributed by atoms with Gasteiger partial charge in [-0.05, 0) is 19.1 Å². The van der Waals surface area contributed by atoms with Gasteiger partial charge in [-0.25, -0.2) is 14.3 Å². The van der Waals surface area contributed by atoms with Gasteiger partial charge in [0.15, 0.2) is 5.65 Å². The highest BCUT2D eigenvalue weighted by Gasteiger charge is 2.17. The van der Waals surface area contributed by atoms with Gasteiger partial charge in [0.1, 0.15) is 10.7 Å². The van der Waals surface area contributed by atoms with Crippen LogP contribution in [0.5, 0.6) is 0 Å². The molecule has 0 aliphatic heterocycles. The van der Waals surface area contributed by atoms with Crippen LogP contribution in [-0.4, -0.2) is 27.2 Å². The van der Waals surface area contributed by atoms with Gasteiger partial charge < -0.3 is 4.74 Å². The van der Waals surface area contributed by atoms with E-state index >= 15 is 0 Å². The van der Waals surface area contributed by atoms with E-state index in [2.05, 4.69) is 22.7 Å². The fourth-order valence-electron chi connectivity index (χ4n) is 2.06. The number of carbonyl (C=O) groups is 1. The Morgan fingerprint density at radius 1 is 1.36 bits per heavy atom. The van der Waals surface area contributed by atoms with Crippen molar-refractivity contribution in [2.45, 2.75) is 11.8 Å². The largest absolute Gasteiger partial charge is 0.462 e. The van der Waals surface area contributed by atoms with Crippen molar-refractivity contribution in [1.29, 1.82) is 0 Å². The summed E-state index contributed by atoms with van der Waals surface area (Å²) in [7, 11) is 0. The van der Waals surface area contributed by atoms with Crippen LogP contribution in [0.25, 0.3) is 16.9 Å². The van der Waals surface area contributed by atoms with E-state index in [1.54, 1.807) is 13.0 Å². The van der Waals surface area contributed by atoms with Crippen molar-refractivity contribution in [3.05, 3.63) is 47.2 Å². The van der Waals surface area contributed by atoms with Gasteiger partial charge in [0.25, 0.3) is 0 Å². The van der Waals surface area contributed by atoms with E-state index < -0.39 is 5.97 Å². The molecule has 3 rings (SSSR count). The number of fused-ring (bicyclic) bond motifs is 1. The van der Waals surface area contributed by atoms with Crippen LogP contribution >= 0.6 is 24.2 Å². The zero-order valence-electron chi connectivity index (χ0n) is 11.7. The summed E-state index contributed by atoms with van der Waals surface area (Å²) >= 11 is 10.5. The first-order valence-electron chi connectivity index (χ1n) is 6.61. The molecule has 0 bridgehead atoms. The molecule has 2 aromatic heterocycles. The molecule has 0 saturated heterocycles. The molecule has 0 N–H and O–H groups in total. The van der Waals surface area contributed by atoms with Crippen LogP contribution in [0, 0.1) is 0 Å². The summed E-state index contributed by atoms with van der Waals surface area (Å²) in [6.07, 6.45) is 1.41. The maximum atomic E-state index is 12.0. The van der Waals surface area contributed by atoms with Crippen molar-refractivity contribution in [2.75, 3.05) is 6.61 Å². The average Bonchev–Trinajstić information content (AvgIpc) is 2.92. The van der Waals surface area contributed by atoms with Crippen molar-refractivity contribution in [1.82, 2.24) is 14.6 Å². The molecule has 0 aliphatic carbocycles. The smallest absolute Gasteiger partial charge is 0.343 e. The third-order valence-corrected chi connectivity index (χ3v) is 3.65. The molecule has 0 saturated carbocycles. The van der Waals surface area contributed by atoms with Gasteiger partial charge in [-0.15, -0.1) is 12.6 Å². The number of rotatable bonds is 3. The molecule has 0 aliphatic rings. The lowest BCUT2D eigenvalue weighted by atomic mass is 10.1. The Bertz CT molecular complexity index is 846. The third-order valence-electron chi connectivity index (χ3n) is 3.09. The van der Waals surface area contributed by atoms with Gasteiger partial charge in [-0.3, -0.25) is 0 Å². The lowest BCUT2D eigenvalue weighted by Crippen LogP contribution is -2.05. The van der Waals surface area contributed by atoms with E-state index in [-0.39, 0.29) is 12.2 Å². The zero-order valence-corrected chi connectivity index (χ0v) is 13.3. The van der Waals surface area contributed by atoms with Crippen LogP contribution in [0.15, 0.2) is 41.4 Å². The van der Waals surface area contributed by atoms with Gasteiger partial charge >= 0.3 is 5.97 Å². The van der Waals surface area contributed by atoms with E-state index in [1.807, 2.05) is 24.3 Å². The second-order valence-corrected chi connectivity index (χ2v) is 5.43. The minimum Gasteiger partial charge on any atom is -0.462 e. The zero-order chi connectivity index (χ0) is 15.7. The van der Waals surface area contributed by atoms with Crippen LogP contribution in [0.4, 0.5) is 0 Å². The van der Waals surface area contributed by atoms with E-state index in [1.165, 1.54) is 10.7 Å². The predicted octanol–water partition coefficient (Wildman–Crippen LogP) is 3.52. The van der Waals surface area contributed by atoms with Crippen LogP contribution < -0.4 is 0 Å². The molecule has 112 valence electrons. The number of carbonyl (C=O) groups excluding carboxylic acids is 1. The quantitative estimate of drug-likeness (QED) is 0.452. The highest BCUT2D eigenvalue weighted by molar-refractivity contribution is 7.80. The second-order valence-electron chi connectivity index (χ2n) is 4.53. The van der Waals surface area contributed by atoms with Crippen molar-refractivity contribution < 1.29 is 9.53 Å². The summed E-state index contributed by atoms with van der Waals surface area (Å²) in [6, 6.07) is 9.20. The Hall–Kier alpha value is -2.05. The first-order chi connectivity index (χ1) is 10.6. The Labute approximate surface area is 137 Å². The molecule has 0 fully saturated rings. The molecular weight excluding hydrogens is 322 g/mol. The number of ether oxygens (including phenoxy) is 1. The van der Waals surface area contributed by atoms with Crippen LogP contribution in [-0.2, 0) is 4.74 Å². The maximum Gasteiger partial charge on any atom is 0.343 e. The lowest BCUT2D eigenvalue weighted by molar-refractivity contribution is 0.0528. The summed E-state index contributed by atoms with van der Waals surface area (Å²) in [5, 5.41) is 4.45. The number of halogens is 1. The summed E-state index contributed by atoms with van der Waals surface area (Å²) in [4.78, 5) is 17.3. The highest BCUT2D eigenvalue weighted by Crippen LogP contribution is 2.24. The van der Waals surface area contributed by atoms with Crippen molar-refractivity contribution in [2.24, 2.45) is 0 Å². The van der Waals surface area contributed by atoms with E-state index in [9.17, 15) is 4.79 Å². The van der Waals surface area contributed by atoms with Gasteiger partial charge in [-0.2, -0.15) is 5.10 Å². The normalized spacial score (nSPS) is 10.9. The van der Waals surface area contributed by atoms with E-state index in [4.69, 9.17) is 16.3 Å². The minimum atomic E-state index is -0.469. The Morgan fingerprint density at radius 2 is 2.09 bits per heavy atom. The molecule has 3 aromatic rings. The average molecular weight is 334 g/mol. The van der Waals surface area contributed by atoms with Gasteiger partial charge in [-0.1, -0.05) is 23.7 Å². The molecule has 22 heavy (non-hydrogen) atoms. The Morgan fingerprint density at radius 3 is 2.77 bits per heavy atom. The fraction of sp³-hybridized carbons (Fsp3) is 0.133. The monoisotopic (exact) mass is 333 g/mol. The first-order valence-corrected chi connectivity index (χ1v) is 7.43. The molecule has 1 aromatic carbocycles. The Balaban J connectivity index is 2.15. The van der Waals surface area contributed by atoms with Crippen molar-refractivity contribution in [3.63, 3.8) is 0 Å². The lowest BCUT2D eigenvalue weighted by Gasteiger charge is -2.05. The summed E-state index contributed by atoms with van der Waals surface area (Å²) in [5.74, 6) is -0.469. The molecule has 0 amide bonds. The minimum absolute atomic E-state index is 0.285. The molecule has 5 nitrogen and oxygen atoms in total. The topological polar surface area (TPSA) is 56.5 Å². The van der Waals surface area contributed by atoms with Crippen molar-refractivity contribution in [3.8, 4) is 11.3 Å². The SMILES string of the molecule is CCOC(=O)c1cnn2c(Cl)cc(-c3ccc(S)cc3)nc12. The predicted molar refractivity (Wildman–Crippen MR) is 86.6 cm³/mol. The number of benzene rings is 1. The van der Waals surface area contributed by atoms with Crippen LogP contribution in [0.1, 0.15) is 17.3 Å². The van der Waals surface area contributed by atoms with Gasteiger partial charge in [0.05, 0.1) is 18.5 Å². The first kappa shape index (κ1) is 14.9. The molecule has 2 heterocycles. The number of aromatic nitrogens is 3. The summed E-state index contributed by atoms with van der Waals surface area (Å²) < 4.78 is 6.42. The number of hydrogen-bond donors (Lipinski definition) is 1. The van der Waals surface area contributed by atoms with E-state index in [0.717, 1.165) is 10.5 Å². The highest BCUT2D eigenvalue weighted by atomic mass is 35.5. The maximum absolute atomic E-state index is 12.0. The summed E-state index contributed by atoms with van der Waals surface area (Å²) in [5.41, 5.74) is 2.18. The summed E-state index contributed by atoms with van der Waals surface area (Å²) in [6.45, 7) is 2.03. The molecule has 0 atom stereocenters. The molecule has 0 spiro atoms. The van der Waals surface area contributed by atoms with Crippen LogP contribution in [0.3, 0.4) is 0 Å². The second kappa shape index (κ2) is 5.98. The standard InChI is InChI=1S/C15H12ClN3O2S/c1-2-21-15(20)11-8-17-19-13(16)7-12(18-14(11)19)9-3-5-10(22)6-4-9/h3-8,22H,2H2,1H3. The molecule has 0 unspecified atom stereocenters. The van der Waals surface area contributed by atoms with Crippen LogP contribution in [0.2, 0.25) is 5.15 Å². The van der Waals surface area contributed by atoms with Gasteiger partial charge in [0.2, 0.25) is 0 Å². The Kier molecular flexibility index (Phi) is 4.04. The number of esters is 1. The number of thiol groups is 1. The molecule has 7 heteroatoms. The van der Waals surface area contributed by atoms with E-state index in [0.29, 0.717) is 16.5 Å². The number of hydrogen-bond acceptors (Lipinski definition) is 5. The van der Waals surface area contributed by atoms with Gasteiger partial charge in [0, 0.05) is 16.5 Å². The fourth-order valence-corrected chi connectivity index (χ4v) is 2.44. The number of nitrogens with zero attached hydrogens (tertiary/aromatic N) is 3. The third kappa shape index (κ3) is 2.67. The van der Waals surface area contributed by atoms with Crippen molar-refractivity contribution >= 4 is 35.8 Å².